The van der Waals surface area contributed by atoms with E-state index in [4.69, 9.17) is 34.8 Å². The Morgan fingerprint density at radius 2 is 1.67 bits per heavy atom. The van der Waals surface area contributed by atoms with E-state index in [2.05, 4.69) is 5.32 Å². The van der Waals surface area contributed by atoms with Gasteiger partial charge in [-0.1, -0.05) is 78.8 Å². The number of rotatable bonds is 11. The number of hydrogen-bond acceptors (Lipinski definition) is 4. The quantitative estimate of drug-likeness (QED) is 0.245. The Kier molecular flexibility index (Phi) is 10.8. The summed E-state index contributed by atoms with van der Waals surface area (Å²) in [7, 11) is -4.31. The summed E-state index contributed by atoms with van der Waals surface area (Å²) >= 11 is 18.5. The molecule has 0 aliphatic heterocycles. The van der Waals surface area contributed by atoms with Crippen molar-refractivity contribution >= 4 is 62.3 Å². The minimum atomic E-state index is -4.31. The normalized spacial score (nSPS) is 14.4. The summed E-state index contributed by atoms with van der Waals surface area (Å²) in [5.74, 6) is -1.73. The van der Waals surface area contributed by atoms with Gasteiger partial charge in [0, 0.05) is 22.6 Å². The molecule has 1 saturated carbocycles. The van der Waals surface area contributed by atoms with Gasteiger partial charge in [0.25, 0.3) is 10.0 Å². The van der Waals surface area contributed by atoms with Crippen LogP contribution >= 0.6 is 34.8 Å². The molecule has 3 aromatic carbocycles. The van der Waals surface area contributed by atoms with Gasteiger partial charge in [0.15, 0.2) is 0 Å². The lowest BCUT2D eigenvalue weighted by molar-refractivity contribution is -0.140. The third kappa shape index (κ3) is 7.56. The van der Waals surface area contributed by atoms with E-state index in [1.54, 1.807) is 37.3 Å². The van der Waals surface area contributed by atoms with E-state index >= 15 is 0 Å². The number of hydrogen-bond donors (Lipinski definition) is 1. The molecule has 0 aromatic heterocycles. The van der Waals surface area contributed by atoms with Gasteiger partial charge in [-0.05, 0) is 67.3 Å². The molecule has 1 fully saturated rings. The first kappa shape index (κ1) is 32.1. The maximum atomic E-state index is 14.1. The molecular weight excluding hydrogens is 624 g/mol. The Bertz CT molecular complexity index is 1540. The number of nitrogens with zero attached hydrogens (tertiary/aromatic N) is 2. The van der Waals surface area contributed by atoms with Crippen LogP contribution in [0.3, 0.4) is 0 Å². The van der Waals surface area contributed by atoms with Gasteiger partial charge in [-0.25, -0.2) is 12.8 Å². The van der Waals surface area contributed by atoms with Crippen LogP contribution in [0.4, 0.5) is 10.1 Å². The van der Waals surface area contributed by atoms with E-state index < -0.39 is 34.3 Å². The van der Waals surface area contributed by atoms with Crippen molar-refractivity contribution in [1.29, 1.82) is 0 Å². The number of halogens is 4. The Morgan fingerprint density at radius 1 is 0.976 bits per heavy atom. The Morgan fingerprint density at radius 3 is 2.29 bits per heavy atom. The molecule has 3 aromatic rings. The highest BCUT2D eigenvalue weighted by atomic mass is 35.5. The highest BCUT2D eigenvalue weighted by Crippen LogP contribution is 2.29. The summed E-state index contributed by atoms with van der Waals surface area (Å²) in [5, 5.41) is 3.45. The number of sulfonamides is 1. The molecule has 0 spiro atoms. The summed E-state index contributed by atoms with van der Waals surface area (Å²) in [6.07, 6.45) is 4.00. The average molecular weight is 655 g/mol. The molecule has 12 heteroatoms. The second-order valence-corrected chi connectivity index (χ2v) is 13.2. The van der Waals surface area contributed by atoms with E-state index in [0.29, 0.717) is 15.6 Å². The molecule has 0 heterocycles. The van der Waals surface area contributed by atoms with Crippen LogP contribution in [0.5, 0.6) is 0 Å². The number of benzene rings is 3. The van der Waals surface area contributed by atoms with Crippen molar-refractivity contribution in [3.8, 4) is 0 Å². The fourth-order valence-corrected chi connectivity index (χ4v) is 7.08. The monoisotopic (exact) mass is 653 g/mol. The number of nitrogens with one attached hydrogen (secondary N) is 1. The van der Waals surface area contributed by atoms with Crippen LogP contribution in [0.15, 0.2) is 71.6 Å². The van der Waals surface area contributed by atoms with Gasteiger partial charge in [-0.15, -0.1) is 0 Å². The zero-order chi connectivity index (χ0) is 30.4. The number of amides is 2. The topological polar surface area (TPSA) is 86.8 Å². The SMILES string of the molecule is CC[C@@H](C(=O)NC1CCCC1)N(Cc1ccc(Cl)cc1Cl)C(=O)CN(c1ccc(F)c(Cl)c1)S(=O)(=O)c1ccccc1. The maximum Gasteiger partial charge on any atom is 0.264 e. The lowest BCUT2D eigenvalue weighted by Gasteiger charge is -2.34. The number of carbonyl (C=O) groups is 2. The van der Waals surface area contributed by atoms with Crippen LogP contribution in [0.1, 0.15) is 44.6 Å². The maximum absolute atomic E-state index is 14.1. The van der Waals surface area contributed by atoms with Crippen molar-refractivity contribution < 1.29 is 22.4 Å². The second kappa shape index (κ2) is 14.1. The first-order valence-corrected chi connectivity index (χ1v) is 16.1. The molecule has 224 valence electrons. The van der Waals surface area contributed by atoms with Crippen molar-refractivity contribution in [3.05, 3.63) is 93.2 Å². The van der Waals surface area contributed by atoms with E-state index in [0.717, 1.165) is 42.1 Å². The fourth-order valence-electron chi connectivity index (χ4n) is 5.01. The third-order valence-electron chi connectivity index (χ3n) is 7.24. The van der Waals surface area contributed by atoms with Crippen molar-refractivity contribution in [2.45, 2.75) is 62.6 Å². The molecule has 0 bridgehead atoms. The van der Waals surface area contributed by atoms with Gasteiger partial charge >= 0.3 is 0 Å². The first-order chi connectivity index (χ1) is 20.0. The van der Waals surface area contributed by atoms with E-state index in [-0.39, 0.29) is 40.5 Å². The van der Waals surface area contributed by atoms with Gasteiger partial charge in [0.2, 0.25) is 11.8 Å². The predicted molar refractivity (Wildman–Crippen MR) is 164 cm³/mol. The number of carbonyl (C=O) groups excluding carboxylic acids is 2. The summed E-state index contributed by atoms with van der Waals surface area (Å²) < 4.78 is 42.6. The molecule has 1 aliphatic carbocycles. The predicted octanol–water partition coefficient (Wildman–Crippen LogP) is 6.85. The molecule has 1 atom stereocenters. The summed E-state index contributed by atoms with van der Waals surface area (Å²) in [4.78, 5) is 28.9. The zero-order valence-electron chi connectivity index (χ0n) is 22.9. The Balaban J connectivity index is 1.74. The van der Waals surface area contributed by atoms with Gasteiger partial charge in [-0.2, -0.15) is 0 Å². The molecular formula is C30H31Cl3FN3O4S. The van der Waals surface area contributed by atoms with Crippen LogP contribution in [0.2, 0.25) is 15.1 Å². The highest BCUT2D eigenvalue weighted by Gasteiger charge is 2.35. The fraction of sp³-hybridized carbons (Fsp3) is 0.333. The first-order valence-electron chi connectivity index (χ1n) is 13.6. The van der Waals surface area contributed by atoms with Crippen molar-refractivity contribution in [2.75, 3.05) is 10.8 Å². The van der Waals surface area contributed by atoms with Gasteiger partial charge in [-0.3, -0.25) is 13.9 Å². The van der Waals surface area contributed by atoms with Crippen molar-refractivity contribution in [1.82, 2.24) is 10.2 Å². The van der Waals surface area contributed by atoms with Crippen molar-refractivity contribution in [3.63, 3.8) is 0 Å². The van der Waals surface area contributed by atoms with E-state index in [1.165, 1.54) is 29.2 Å². The Hall–Kier alpha value is -2.85. The molecule has 1 N–H and O–H groups in total. The summed E-state index contributed by atoms with van der Waals surface area (Å²) in [6.45, 7) is 1.02. The van der Waals surface area contributed by atoms with E-state index in [1.807, 2.05) is 0 Å². The average Bonchev–Trinajstić information content (AvgIpc) is 3.47. The van der Waals surface area contributed by atoms with Crippen LogP contribution < -0.4 is 9.62 Å². The zero-order valence-corrected chi connectivity index (χ0v) is 26.0. The number of anilines is 1. The molecule has 2 amide bonds. The summed E-state index contributed by atoms with van der Waals surface area (Å²) in [5.41, 5.74) is 0.523. The van der Waals surface area contributed by atoms with Gasteiger partial charge in [0.1, 0.15) is 18.4 Å². The van der Waals surface area contributed by atoms with Gasteiger partial charge in [0.05, 0.1) is 15.6 Å². The van der Waals surface area contributed by atoms with E-state index in [9.17, 15) is 22.4 Å². The molecule has 0 unspecified atom stereocenters. The second-order valence-electron chi connectivity index (χ2n) is 10.1. The third-order valence-corrected chi connectivity index (χ3v) is 9.91. The summed E-state index contributed by atoms with van der Waals surface area (Å²) in [6, 6.07) is 14.9. The lowest BCUT2D eigenvalue weighted by atomic mass is 10.1. The standard InChI is InChI=1S/C30H31Cl3FN3O4S/c1-2-28(30(39)35-22-8-6-7-9-22)36(18-20-12-13-21(31)16-25(20)32)29(38)19-37(23-14-15-27(34)26(33)17-23)42(40,41)24-10-4-3-5-11-24/h3-5,10-17,22,28H,2,6-9,18-19H2,1H3,(H,35,39)/t28-/m0/s1. The molecule has 1 aliphatic rings. The van der Waals surface area contributed by atoms with Crippen LogP contribution in [-0.2, 0) is 26.2 Å². The minimum absolute atomic E-state index is 0.00784. The molecule has 4 rings (SSSR count). The van der Waals surface area contributed by atoms with Crippen LogP contribution in [0, 0.1) is 5.82 Å². The minimum Gasteiger partial charge on any atom is -0.352 e. The van der Waals surface area contributed by atoms with Gasteiger partial charge < -0.3 is 10.2 Å². The smallest absolute Gasteiger partial charge is 0.264 e. The molecule has 0 saturated heterocycles. The van der Waals surface area contributed by atoms with Crippen LogP contribution in [-0.4, -0.2) is 43.8 Å². The molecule has 0 radical (unpaired) electrons. The highest BCUT2D eigenvalue weighted by molar-refractivity contribution is 7.92. The van der Waals surface area contributed by atoms with Crippen molar-refractivity contribution in [2.24, 2.45) is 0 Å². The molecule has 7 nitrogen and oxygen atoms in total. The Labute approximate surface area is 260 Å². The lowest BCUT2D eigenvalue weighted by Crippen LogP contribution is -2.53. The largest absolute Gasteiger partial charge is 0.352 e. The van der Waals surface area contributed by atoms with Crippen LogP contribution in [0.25, 0.3) is 0 Å². The molecule has 42 heavy (non-hydrogen) atoms.